The molecule has 2 fully saturated rings. The molecule has 0 bridgehead atoms. The van der Waals surface area contributed by atoms with Crippen molar-refractivity contribution in [3.05, 3.63) is 11.7 Å². The minimum absolute atomic E-state index is 0.234. The van der Waals surface area contributed by atoms with E-state index in [2.05, 4.69) is 33.8 Å². The van der Waals surface area contributed by atoms with E-state index >= 15 is 0 Å². The molecule has 6 nitrogen and oxygen atoms in total. The van der Waals surface area contributed by atoms with Crippen LogP contribution in [0.15, 0.2) is 4.52 Å². The third kappa shape index (κ3) is 4.52. The lowest BCUT2D eigenvalue weighted by Gasteiger charge is -2.37. The maximum absolute atomic E-state index is 5.46. The lowest BCUT2D eigenvalue weighted by Crippen LogP contribution is -2.43. The average molecular weight is 322 g/mol. The Morgan fingerprint density at radius 2 is 1.91 bits per heavy atom. The Labute approximate surface area is 139 Å². The van der Waals surface area contributed by atoms with Crippen molar-refractivity contribution >= 4 is 0 Å². The van der Waals surface area contributed by atoms with Crippen LogP contribution < -0.4 is 0 Å². The van der Waals surface area contributed by atoms with Crippen LogP contribution in [0, 0.1) is 5.92 Å². The van der Waals surface area contributed by atoms with E-state index in [0.29, 0.717) is 0 Å². The molecule has 2 saturated heterocycles. The molecule has 0 aromatic carbocycles. The molecule has 0 radical (unpaired) electrons. The minimum Gasteiger partial charge on any atom is -0.379 e. The van der Waals surface area contributed by atoms with Gasteiger partial charge in [-0.25, -0.2) is 0 Å². The molecule has 0 unspecified atom stereocenters. The summed E-state index contributed by atoms with van der Waals surface area (Å²) in [6.07, 6.45) is 4.48. The second-order valence-corrected chi connectivity index (χ2v) is 6.87. The molecule has 3 heterocycles. The van der Waals surface area contributed by atoms with Crippen LogP contribution in [0.3, 0.4) is 0 Å². The molecule has 2 aliphatic heterocycles. The predicted molar refractivity (Wildman–Crippen MR) is 88.3 cm³/mol. The van der Waals surface area contributed by atoms with Crippen LogP contribution in [0.5, 0.6) is 0 Å². The van der Waals surface area contributed by atoms with Crippen molar-refractivity contribution in [3.8, 4) is 0 Å². The highest BCUT2D eigenvalue weighted by Crippen LogP contribution is 2.26. The molecule has 0 spiro atoms. The number of aromatic nitrogens is 2. The van der Waals surface area contributed by atoms with Crippen molar-refractivity contribution in [2.24, 2.45) is 5.92 Å². The van der Waals surface area contributed by atoms with Crippen LogP contribution >= 0.6 is 0 Å². The number of hydrogen-bond acceptors (Lipinski definition) is 6. The smallest absolute Gasteiger partial charge is 0.243 e. The summed E-state index contributed by atoms with van der Waals surface area (Å²) < 4.78 is 10.9. The first-order valence-electron chi connectivity index (χ1n) is 9.13. The molecule has 3 rings (SSSR count). The molecular formula is C17H30N4O2. The van der Waals surface area contributed by atoms with Crippen LogP contribution in [0.1, 0.15) is 50.9 Å². The van der Waals surface area contributed by atoms with E-state index < -0.39 is 0 Å². The van der Waals surface area contributed by atoms with Crippen LogP contribution in [-0.4, -0.2) is 65.9 Å². The molecule has 0 aliphatic carbocycles. The van der Waals surface area contributed by atoms with Gasteiger partial charge in [-0.15, -0.1) is 0 Å². The number of likely N-dealkylation sites (tertiary alicyclic amines) is 1. The zero-order valence-electron chi connectivity index (χ0n) is 14.5. The van der Waals surface area contributed by atoms with E-state index in [9.17, 15) is 0 Å². The molecule has 0 saturated carbocycles. The normalized spacial score (nSPS) is 23.2. The maximum Gasteiger partial charge on any atom is 0.243 e. The Hall–Kier alpha value is -0.980. The summed E-state index contributed by atoms with van der Waals surface area (Å²) in [5.41, 5.74) is 0. The Morgan fingerprint density at radius 1 is 1.17 bits per heavy atom. The summed E-state index contributed by atoms with van der Waals surface area (Å²) in [6.45, 7) is 11.8. The number of morpholine rings is 1. The highest BCUT2D eigenvalue weighted by molar-refractivity contribution is 4.93. The summed E-state index contributed by atoms with van der Waals surface area (Å²) in [4.78, 5) is 9.59. The predicted octanol–water partition coefficient (Wildman–Crippen LogP) is 2.13. The van der Waals surface area contributed by atoms with Gasteiger partial charge < -0.3 is 9.26 Å². The van der Waals surface area contributed by atoms with Gasteiger partial charge in [0.05, 0.1) is 19.3 Å². The molecule has 1 atom stereocenters. The third-order valence-electron chi connectivity index (χ3n) is 5.13. The van der Waals surface area contributed by atoms with E-state index in [-0.39, 0.29) is 6.04 Å². The zero-order chi connectivity index (χ0) is 16.1. The second kappa shape index (κ2) is 8.22. The molecule has 1 aromatic rings. The van der Waals surface area contributed by atoms with E-state index in [1.807, 2.05) is 0 Å². The number of hydrogen-bond donors (Lipinski definition) is 0. The maximum atomic E-state index is 5.46. The highest BCUT2D eigenvalue weighted by Gasteiger charge is 2.27. The monoisotopic (exact) mass is 322 g/mol. The van der Waals surface area contributed by atoms with E-state index in [0.717, 1.165) is 69.9 Å². The third-order valence-corrected chi connectivity index (χ3v) is 5.13. The number of rotatable bonds is 6. The van der Waals surface area contributed by atoms with Crippen LogP contribution in [-0.2, 0) is 11.2 Å². The van der Waals surface area contributed by atoms with Crippen molar-refractivity contribution in [2.45, 2.75) is 45.6 Å². The quantitative estimate of drug-likeness (QED) is 0.800. The van der Waals surface area contributed by atoms with Crippen molar-refractivity contribution < 1.29 is 9.26 Å². The molecule has 6 heteroatoms. The zero-order valence-corrected chi connectivity index (χ0v) is 14.5. The number of aryl methyl sites for hydroxylation is 1. The van der Waals surface area contributed by atoms with Crippen molar-refractivity contribution in [2.75, 3.05) is 45.9 Å². The van der Waals surface area contributed by atoms with Crippen LogP contribution in [0.2, 0.25) is 0 Å². The topological polar surface area (TPSA) is 54.6 Å². The SMILES string of the molecule is CCCc1noc([C@H](C)N2CCC(CN3CCOCC3)CC2)n1. The number of ether oxygens (including phenoxy) is 1. The van der Waals surface area contributed by atoms with E-state index in [1.54, 1.807) is 0 Å². The van der Waals surface area contributed by atoms with Gasteiger partial charge in [-0.2, -0.15) is 4.98 Å². The summed E-state index contributed by atoms with van der Waals surface area (Å²) in [7, 11) is 0. The fourth-order valence-electron chi connectivity index (χ4n) is 3.59. The molecule has 130 valence electrons. The minimum atomic E-state index is 0.234. The summed E-state index contributed by atoms with van der Waals surface area (Å²) in [6, 6.07) is 0.234. The summed E-state index contributed by atoms with van der Waals surface area (Å²) >= 11 is 0. The molecular weight excluding hydrogens is 292 g/mol. The highest BCUT2D eigenvalue weighted by atomic mass is 16.5. The number of piperidine rings is 1. The average Bonchev–Trinajstić information content (AvgIpc) is 3.05. The van der Waals surface area contributed by atoms with Gasteiger partial charge in [0.1, 0.15) is 0 Å². The van der Waals surface area contributed by atoms with Crippen molar-refractivity contribution in [1.29, 1.82) is 0 Å². The first kappa shape index (κ1) is 16.9. The van der Waals surface area contributed by atoms with E-state index in [4.69, 9.17) is 9.26 Å². The lowest BCUT2D eigenvalue weighted by molar-refractivity contribution is 0.0217. The molecule has 2 aliphatic rings. The molecule has 0 amide bonds. The van der Waals surface area contributed by atoms with Crippen LogP contribution in [0.25, 0.3) is 0 Å². The molecule has 23 heavy (non-hydrogen) atoms. The van der Waals surface area contributed by atoms with Crippen LogP contribution in [0.4, 0.5) is 0 Å². The Bertz CT molecular complexity index is 465. The first-order valence-corrected chi connectivity index (χ1v) is 9.13. The summed E-state index contributed by atoms with van der Waals surface area (Å²) in [5.74, 6) is 2.44. The Balaban J connectivity index is 1.45. The summed E-state index contributed by atoms with van der Waals surface area (Å²) in [5, 5.41) is 4.08. The van der Waals surface area contributed by atoms with Gasteiger partial charge in [0.25, 0.3) is 0 Å². The van der Waals surface area contributed by atoms with Crippen molar-refractivity contribution in [3.63, 3.8) is 0 Å². The van der Waals surface area contributed by atoms with Gasteiger partial charge in [-0.05, 0) is 45.2 Å². The molecule has 0 N–H and O–H groups in total. The Morgan fingerprint density at radius 3 is 2.61 bits per heavy atom. The molecule has 1 aromatic heterocycles. The van der Waals surface area contributed by atoms with Gasteiger partial charge in [0, 0.05) is 26.1 Å². The van der Waals surface area contributed by atoms with Gasteiger partial charge in [0.15, 0.2) is 5.82 Å². The first-order chi connectivity index (χ1) is 11.3. The van der Waals surface area contributed by atoms with Gasteiger partial charge in [-0.3, -0.25) is 9.80 Å². The van der Waals surface area contributed by atoms with E-state index in [1.165, 1.54) is 19.4 Å². The lowest BCUT2D eigenvalue weighted by atomic mass is 9.95. The number of nitrogens with zero attached hydrogens (tertiary/aromatic N) is 4. The fraction of sp³-hybridized carbons (Fsp3) is 0.882. The standard InChI is InChI=1S/C17H30N4O2/c1-3-4-16-18-17(23-19-16)14(2)21-7-5-15(6-8-21)13-20-9-11-22-12-10-20/h14-15H,3-13H2,1-2H3/t14-/m0/s1. The largest absolute Gasteiger partial charge is 0.379 e. The fourth-order valence-corrected chi connectivity index (χ4v) is 3.59. The van der Waals surface area contributed by atoms with Gasteiger partial charge >= 0.3 is 0 Å². The Kier molecular flexibility index (Phi) is 6.02. The van der Waals surface area contributed by atoms with Gasteiger partial charge in [-0.1, -0.05) is 12.1 Å². The second-order valence-electron chi connectivity index (χ2n) is 6.87. The van der Waals surface area contributed by atoms with Gasteiger partial charge in [0.2, 0.25) is 5.89 Å². The van der Waals surface area contributed by atoms with Crippen molar-refractivity contribution in [1.82, 2.24) is 19.9 Å².